The molecule has 0 spiro atoms. The van der Waals surface area contributed by atoms with Crippen molar-refractivity contribution in [3.63, 3.8) is 0 Å². The van der Waals surface area contributed by atoms with Crippen molar-refractivity contribution in [2.45, 2.75) is 4.90 Å². The number of rotatable bonds is 5. The minimum atomic E-state index is -3.85. The zero-order chi connectivity index (χ0) is 17.7. The number of carbonyl (C=O) groups is 1. The number of methoxy groups -OCH3 is 1. The molecule has 0 saturated carbocycles. The molecule has 0 saturated heterocycles. The van der Waals surface area contributed by atoms with Crippen LogP contribution >= 0.6 is 0 Å². The van der Waals surface area contributed by atoms with Gasteiger partial charge >= 0.3 is 0 Å². The van der Waals surface area contributed by atoms with Gasteiger partial charge in [0.25, 0.3) is 0 Å². The van der Waals surface area contributed by atoms with E-state index in [1.54, 1.807) is 6.07 Å². The van der Waals surface area contributed by atoms with Gasteiger partial charge in [-0.3, -0.25) is 4.79 Å². The second kappa shape index (κ2) is 7.24. The third-order valence-electron chi connectivity index (χ3n) is 3.03. The fourth-order valence-corrected chi connectivity index (χ4v) is 2.45. The third kappa shape index (κ3) is 4.64. The molecule has 0 aliphatic rings. The molecule has 3 N–H and O–H groups in total. The molecule has 24 heavy (non-hydrogen) atoms. The molecule has 0 radical (unpaired) electrons. The molecule has 0 unspecified atom stereocenters. The number of nitrogens with one attached hydrogen (secondary N) is 1. The van der Waals surface area contributed by atoms with Crippen LogP contribution in [0, 0.1) is 5.82 Å². The number of halogens is 1. The SMILES string of the molecule is COc1ccc(/C=C/C(=O)Nc2cccc(S(N)(=O)=O)c2)cc1F. The number of hydrogen-bond acceptors (Lipinski definition) is 4. The summed E-state index contributed by atoms with van der Waals surface area (Å²) in [5.41, 5.74) is 0.749. The van der Waals surface area contributed by atoms with Gasteiger partial charge in [-0.05, 0) is 42.0 Å². The van der Waals surface area contributed by atoms with Crippen molar-refractivity contribution in [3.05, 3.63) is 59.9 Å². The quantitative estimate of drug-likeness (QED) is 0.807. The van der Waals surface area contributed by atoms with E-state index in [-0.39, 0.29) is 16.3 Å². The van der Waals surface area contributed by atoms with Gasteiger partial charge in [0.2, 0.25) is 15.9 Å². The maximum absolute atomic E-state index is 13.5. The Morgan fingerprint density at radius 3 is 2.62 bits per heavy atom. The Hall–Kier alpha value is -2.71. The van der Waals surface area contributed by atoms with Crippen LogP contribution in [0.3, 0.4) is 0 Å². The molecule has 0 heterocycles. The standard InChI is InChI=1S/C16H15FN2O4S/c1-23-15-7-5-11(9-14(15)17)6-8-16(20)19-12-3-2-4-13(10-12)24(18,21)22/h2-10H,1H3,(H,19,20)(H2,18,21,22)/b8-6+. The largest absolute Gasteiger partial charge is 0.494 e. The van der Waals surface area contributed by atoms with E-state index in [1.807, 2.05) is 0 Å². The van der Waals surface area contributed by atoms with E-state index in [0.717, 1.165) is 0 Å². The lowest BCUT2D eigenvalue weighted by atomic mass is 10.2. The lowest BCUT2D eigenvalue weighted by Crippen LogP contribution is -2.13. The molecule has 0 atom stereocenters. The van der Waals surface area contributed by atoms with E-state index in [4.69, 9.17) is 9.88 Å². The summed E-state index contributed by atoms with van der Waals surface area (Å²) in [6.07, 6.45) is 2.62. The van der Waals surface area contributed by atoms with Gasteiger partial charge in [0, 0.05) is 11.8 Å². The fraction of sp³-hybridized carbons (Fsp3) is 0.0625. The minimum absolute atomic E-state index is 0.108. The van der Waals surface area contributed by atoms with Crippen LogP contribution in [-0.4, -0.2) is 21.4 Å². The average Bonchev–Trinajstić information content (AvgIpc) is 2.52. The van der Waals surface area contributed by atoms with Gasteiger partial charge in [0.1, 0.15) is 0 Å². The number of sulfonamides is 1. The molecule has 8 heteroatoms. The molecule has 6 nitrogen and oxygen atoms in total. The maximum atomic E-state index is 13.5. The Bertz CT molecular complexity index is 895. The van der Waals surface area contributed by atoms with Gasteiger partial charge in [-0.15, -0.1) is 0 Å². The van der Waals surface area contributed by atoms with Gasteiger partial charge in [-0.25, -0.2) is 17.9 Å². The number of hydrogen-bond donors (Lipinski definition) is 2. The molecule has 2 aromatic carbocycles. The van der Waals surface area contributed by atoms with Gasteiger partial charge in [0.05, 0.1) is 12.0 Å². The highest BCUT2D eigenvalue weighted by molar-refractivity contribution is 7.89. The molecule has 2 aromatic rings. The van der Waals surface area contributed by atoms with Crippen molar-refractivity contribution in [1.82, 2.24) is 0 Å². The smallest absolute Gasteiger partial charge is 0.248 e. The van der Waals surface area contributed by atoms with Crippen LogP contribution in [-0.2, 0) is 14.8 Å². The van der Waals surface area contributed by atoms with Gasteiger partial charge in [-0.2, -0.15) is 0 Å². The summed E-state index contributed by atoms with van der Waals surface area (Å²) in [6, 6.07) is 9.81. The van der Waals surface area contributed by atoms with Crippen molar-refractivity contribution >= 4 is 27.7 Å². The van der Waals surface area contributed by atoms with E-state index in [9.17, 15) is 17.6 Å². The molecule has 0 aliphatic carbocycles. The van der Waals surface area contributed by atoms with Gasteiger partial charge in [-0.1, -0.05) is 12.1 Å². The highest BCUT2D eigenvalue weighted by Crippen LogP contribution is 2.18. The number of primary sulfonamides is 1. The Morgan fingerprint density at radius 1 is 1.25 bits per heavy atom. The Balaban J connectivity index is 2.09. The van der Waals surface area contributed by atoms with Gasteiger partial charge in [0.15, 0.2) is 11.6 Å². The summed E-state index contributed by atoms with van der Waals surface area (Å²) in [5.74, 6) is -0.935. The summed E-state index contributed by atoms with van der Waals surface area (Å²) in [4.78, 5) is 11.7. The maximum Gasteiger partial charge on any atom is 0.248 e. The highest BCUT2D eigenvalue weighted by atomic mass is 32.2. The first-order valence-corrected chi connectivity index (χ1v) is 8.30. The van der Waals surface area contributed by atoms with Crippen molar-refractivity contribution in [2.24, 2.45) is 5.14 Å². The molecule has 0 aliphatic heterocycles. The van der Waals surface area contributed by atoms with Crippen molar-refractivity contribution < 1.29 is 22.3 Å². The topological polar surface area (TPSA) is 98.5 Å². The van der Waals surface area contributed by atoms with E-state index < -0.39 is 21.7 Å². The highest BCUT2D eigenvalue weighted by Gasteiger charge is 2.08. The first-order chi connectivity index (χ1) is 11.3. The summed E-state index contributed by atoms with van der Waals surface area (Å²) < 4.78 is 40.9. The average molecular weight is 350 g/mol. The summed E-state index contributed by atoms with van der Waals surface area (Å²) in [5, 5.41) is 7.53. The summed E-state index contributed by atoms with van der Waals surface area (Å²) in [7, 11) is -2.49. The Morgan fingerprint density at radius 2 is 2.00 bits per heavy atom. The third-order valence-corrected chi connectivity index (χ3v) is 3.94. The van der Waals surface area contributed by atoms with Crippen LogP contribution in [0.25, 0.3) is 6.08 Å². The number of anilines is 1. The second-order valence-electron chi connectivity index (χ2n) is 4.79. The van der Waals surface area contributed by atoms with E-state index >= 15 is 0 Å². The minimum Gasteiger partial charge on any atom is -0.494 e. The molecule has 0 bridgehead atoms. The van der Waals surface area contributed by atoms with E-state index in [1.165, 1.54) is 55.7 Å². The number of ether oxygens (including phenoxy) is 1. The van der Waals surface area contributed by atoms with Crippen molar-refractivity contribution in [1.29, 1.82) is 0 Å². The van der Waals surface area contributed by atoms with Crippen LogP contribution < -0.4 is 15.2 Å². The Labute approximate surface area is 138 Å². The molecule has 1 amide bonds. The lowest BCUT2D eigenvalue weighted by molar-refractivity contribution is -0.111. The van der Waals surface area contributed by atoms with Crippen LogP contribution in [0.15, 0.2) is 53.4 Å². The van der Waals surface area contributed by atoms with Crippen molar-refractivity contribution in [3.8, 4) is 5.75 Å². The normalized spacial score (nSPS) is 11.5. The number of nitrogens with two attached hydrogens (primary N) is 1. The molecular weight excluding hydrogens is 335 g/mol. The molecular formula is C16H15FN2O4S. The molecule has 2 rings (SSSR count). The van der Waals surface area contributed by atoms with Crippen LogP contribution in [0.4, 0.5) is 10.1 Å². The fourth-order valence-electron chi connectivity index (χ4n) is 1.89. The number of amides is 1. The van der Waals surface area contributed by atoms with Gasteiger partial charge < -0.3 is 10.1 Å². The first kappa shape index (κ1) is 17.6. The second-order valence-corrected chi connectivity index (χ2v) is 6.35. The predicted octanol–water partition coefficient (Wildman–Crippen LogP) is 2.13. The molecule has 126 valence electrons. The molecule has 0 fully saturated rings. The zero-order valence-corrected chi connectivity index (χ0v) is 13.5. The van der Waals surface area contributed by atoms with Crippen LogP contribution in [0.1, 0.15) is 5.56 Å². The van der Waals surface area contributed by atoms with Crippen LogP contribution in [0.5, 0.6) is 5.75 Å². The summed E-state index contributed by atoms with van der Waals surface area (Å²) >= 11 is 0. The predicted molar refractivity (Wildman–Crippen MR) is 88.4 cm³/mol. The monoisotopic (exact) mass is 350 g/mol. The van der Waals surface area contributed by atoms with E-state index in [2.05, 4.69) is 5.32 Å². The van der Waals surface area contributed by atoms with Crippen LogP contribution in [0.2, 0.25) is 0 Å². The van der Waals surface area contributed by atoms with E-state index in [0.29, 0.717) is 5.56 Å². The van der Waals surface area contributed by atoms with Crippen molar-refractivity contribution in [2.75, 3.05) is 12.4 Å². The number of benzene rings is 2. The number of carbonyl (C=O) groups excluding carboxylic acids is 1. The zero-order valence-electron chi connectivity index (χ0n) is 12.7. The lowest BCUT2D eigenvalue weighted by Gasteiger charge is -2.04. The molecule has 0 aromatic heterocycles. The Kier molecular flexibility index (Phi) is 5.32. The summed E-state index contributed by atoms with van der Waals surface area (Å²) in [6.45, 7) is 0. The first-order valence-electron chi connectivity index (χ1n) is 6.75.